The van der Waals surface area contributed by atoms with E-state index >= 15 is 0 Å². The van der Waals surface area contributed by atoms with Gasteiger partial charge in [-0.15, -0.1) is 0 Å². The van der Waals surface area contributed by atoms with Crippen molar-refractivity contribution < 1.29 is 33.4 Å². The van der Waals surface area contributed by atoms with E-state index in [4.69, 9.17) is 25.8 Å². The number of carbonyl (C=O) groups is 4. The van der Waals surface area contributed by atoms with E-state index in [1.54, 1.807) is 6.92 Å². The number of benzene rings is 1. The maximum Gasteiger partial charge on any atom is 0.344 e. The number of nitrogens with zero attached hydrogens (tertiary/aromatic N) is 1. The highest BCUT2D eigenvalue weighted by molar-refractivity contribution is 6.32. The van der Waals surface area contributed by atoms with E-state index in [1.165, 1.54) is 12.1 Å². The number of esters is 1. The number of amides is 4. The van der Waals surface area contributed by atoms with Crippen LogP contribution in [0.1, 0.15) is 63.2 Å². The first-order valence-electron chi connectivity index (χ1n) is 11.4. The molecule has 2 fully saturated rings. The molecular formula is C23H30ClN3O7. The van der Waals surface area contributed by atoms with Gasteiger partial charge in [-0.1, -0.05) is 25.4 Å². The Bertz CT molecular complexity index is 960. The molecule has 1 aromatic rings. The Balaban J connectivity index is 1.60. The molecule has 0 bridgehead atoms. The van der Waals surface area contributed by atoms with Gasteiger partial charge in [0.15, 0.2) is 18.1 Å². The second-order valence-electron chi connectivity index (χ2n) is 8.51. The molecule has 0 radical (unpaired) electrons. The highest BCUT2D eigenvalue weighted by Gasteiger charge is 2.52. The predicted molar refractivity (Wildman–Crippen MR) is 123 cm³/mol. The zero-order chi connectivity index (χ0) is 24.9. The number of urea groups is 1. The van der Waals surface area contributed by atoms with Crippen molar-refractivity contribution in [1.29, 1.82) is 0 Å². The molecular weight excluding hydrogens is 466 g/mol. The summed E-state index contributed by atoms with van der Waals surface area (Å²) in [7, 11) is 0. The number of hydrogen-bond donors (Lipinski definition) is 2. The van der Waals surface area contributed by atoms with E-state index in [2.05, 4.69) is 17.7 Å². The first-order valence-corrected chi connectivity index (χ1v) is 11.8. The van der Waals surface area contributed by atoms with Crippen LogP contribution in [0.15, 0.2) is 12.1 Å². The Morgan fingerprint density at radius 3 is 2.56 bits per heavy atom. The summed E-state index contributed by atoms with van der Waals surface area (Å²) >= 11 is 6.26. The molecule has 0 aromatic heterocycles. The maximum atomic E-state index is 12.8. The standard InChI is InChI=1S/C23H30ClN3O7/c1-4-10-33-19-16(24)11-15(12-17(19)32-5-2)20(29)34-13-18(28)26-27-21(30)23(25-22(27)31)8-6-14(3)7-9-23/h11-12,14H,4-10,13H2,1-3H3,(H,25,31)(H,26,28). The number of nitrogens with one attached hydrogen (secondary N) is 2. The normalized spacial score (nSPS) is 21.9. The third kappa shape index (κ3) is 5.55. The molecule has 1 aliphatic carbocycles. The molecule has 1 aliphatic heterocycles. The Hall–Kier alpha value is -3.01. The molecule has 10 nitrogen and oxygen atoms in total. The van der Waals surface area contributed by atoms with Crippen molar-refractivity contribution in [3.05, 3.63) is 22.7 Å². The van der Waals surface area contributed by atoms with Crippen LogP contribution in [-0.4, -0.2) is 54.2 Å². The fraction of sp³-hybridized carbons (Fsp3) is 0.565. The molecule has 1 heterocycles. The van der Waals surface area contributed by atoms with Crippen LogP contribution in [0.25, 0.3) is 0 Å². The van der Waals surface area contributed by atoms with Crippen molar-refractivity contribution in [3.8, 4) is 11.5 Å². The average molecular weight is 496 g/mol. The van der Waals surface area contributed by atoms with E-state index in [0.717, 1.165) is 19.3 Å². The van der Waals surface area contributed by atoms with Crippen molar-refractivity contribution in [1.82, 2.24) is 15.8 Å². The number of ether oxygens (including phenoxy) is 3. The van der Waals surface area contributed by atoms with Gasteiger partial charge in [0.25, 0.3) is 11.8 Å². The predicted octanol–water partition coefficient (Wildman–Crippen LogP) is 3.22. The summed E-state index contributed by atoms with van der Waals surface area (Å²) in [6, 6.07) is 2.09. The van der Waals surface area contributed by atoms with Gasteiger partial charge in [-0.3, -0.25) is 15.0 Å². The van der Waals surface area contributed by atoms with Crippen LogP contribution in [0.3, 0.4) is 0 Å². The molecule has 2 N–H and O–H groups in total. The Kier molecular flexibility index (Phi) is 8.24. The largest absolute Gasteiger partial charge is 0.490 e. The van der Waals surface area contributed by atoms with Gasteiger partial charge < -0.3 is 19.5 Å². The first kappa shape index (κ1) is 25.6. The van der Waals surface area contributed by atoms with E-state index in [1.807, 2.05) is 6.92 Å². The fourth-order valence-electron chi connectivity index (χ4n) is 3.98. The lowest BCUT2D eigenvalue weighted by atomic mass is 9.77. The SMILES string of the molecule is CCCOc1c(Cl)cc(C(=O)OCC(=O)NN2C(=O)NC3(CCC(C)CC3)C2=O)cc1OCC. The molecule has 11 heteroatoms. The van der Waals surface area contributed by atoms with Gasteiger partial charge in [0.2, 0.25) is 0 Å². The average Bonchev–Trinajstić information content (AvgIpc) is 3.03. The third-order valence-corrected chi connectivity index (χ3v) is 6.14. The summed E-state index contributed by atoms with van der Waals surface area (Å²) in [6.07, 6.45) is 3.40. The minimum atomic E-state index is -0.985. The minimum absolute atomic E-state index is 0.0652. The van der Waals surface area contributed by atoms with Gasteiger partial charge in [0, 0.05) is 0 Å². The molecule has 1 saturated carbocycles. The monoisotopic (exact) mass is 495 g/mol. The van der Waals surface area contributed by atoms with Gasteiger partial charge in [0.05, 0.1) is 23.8 Å². The van der Waals surface area contributed by atoms with Crippen LogP contribution < -0.4 is 20.2 Å². The molecule has 4 amide bonds. The Labute approximate surface area is 203 Å². The number of rotatable bonds is 9. The van der Waals surface area contributed by atoms with Crippen LogP contribution in [0.2, 0.25) is 5.02 Å². The Morgan fingerprint density at radius 2 is 1.91 bits per heavy atom. The number of carbonyl (C=O) groups excluding carboxylic acids is 4. The van der Waals surface area contributed by atoms with Crippen molar-refractivity contribution in [2.45, 2.75) is 58.4 Å². The summed E-state index contributed by atoms with van der Waals surface area (Å²) in [5.41, 5.74) is 1.31. The van der Waals surface area contributed by atoms with E-state index in [0.29, 0.717) is 42.7 Å². The Morgan fingerprint density at radius 1 is 1.21 bits per heavy atom. The zero-order valence-corrected chi connectivity index (χ0v) is 20.3. The van der Waals surface area contributed by atoms with Gasteiger partial charge in [0.1, 0.15) is 5.54 Å². The summed E-state index contributed by atoms with van der Waals surface area (Å²) in [5.74, 6) is -1.06. The van der Waals surface area contributed by atoms with Crippen molar-refractivity contribution >= 4 is 35.4 Å². The maximum absolute atomic E-state index is 12.8. The summed E-state index contributed by atoms with van der Waals surface area (Å²) in [6.45, 7) is 5.87. The number of imide groups is 1. The van der Waals surface area contributed by atoms with Gasteiger partial charge in [-0.2, -0.15) is 5.01 Å². The molecule has 1 aromatic carbocycles. The smallest absolute Gasteiger partial charge is 0.344 e. The van der Waals surface area contributed by atoms with Crippen molar-refractivity contribution in [3.63, 3.8) is 0 Å². The van der Waals surface area contributed by atoms with Crippen LogP contribution in [0, 0.1) is 5.92 Å². The quantitative estimate of drug-likeness (QED) is 0.398. The minimum Gasteiger partial charge on any atom is -0.490 e. The lowest BCUT2D eigenvalue weighted by Gasteiger charge is -2.33. The lowest BCUT2D eigenvalue weighted by molar-refractivity contribution is -0.141. The molecule has 1 spiro atoms. The summed E-state index contributed by atoms with van der Waals surface area (Å²) < 4.78 is 16.2. The van der Waals surface area contributed by atoms with E-state index in [9.17, 15) is 19.2 Å². The van der Waals surface area contributed by atoms with Crippen LogP contribution in [-0.2, 0) is 14.3 Å². The highest BCUT2D eigenvalue weighted by atomic mass is 35.5. The van der Waals surface area contributed by atoms with Crippen molar-refractivity contribution in [2.75, 3.05) is 19.8 Å². The zero-order valence-electron chi connectivity index (χ0n) is 19.6. The number of halogens is 1. The van der Waals surface area contributed by atoms with E-state index in [-0.39, 0.29) is 16.3 Å². The van der Waals surface area contributed by atoms with E-state index < -0.39 is 36.0 Å². The molecule has 0 atom stereocenters. The van der Waals surface area contributed by atoms with Gasteiger partial charge in [-0.05, 0) is 57.1 Å². The molecule has 2 aliphatic rings. The summed E-state index contributed by atoms with van der Waals surface area (Å²) in [5, 5.41) is 3.54. The topological polar surface area (TPSA) is 123 Å². The number of hydrazine groups is 1. The van der Waals surface area contributed by atoms with Crippen LogP contribution in [0.5, 0.6) is 11.5 Å². The second kappa shape index (κ2) is 10.9. The highest BCUT2D eigenvalue weighted by Crippen LogP contribution is 2.37. The third-order valence-electron chi connectivity index (χ3n) is 5.86. The van der Waals surface area contributed by atoms with Crippen molar-refractivity contribution in [2.24, 2.45) is 5.92 Å². The molecule has 0 unspecified atom stereocenters. The lowest BCUT2D eigenvalue weighted by Crippen LogP contribution is -2.52. The fourth-order valence-corrected chi connectivity index (χ4v) is 4.25. The number of hydrogen-bond acceptors (Lipinski definition) is 7. The molecule has 1 saturated heterocycles. The van der Waals surface area contributed by atoms with Crippen LogP contribution >= 0.6 is 11.6 Å². The molecule has 3 rings (SSSR count). The van der Waals surface area contributed by atoms with Gasteiger partial charge >= 0.3 is 12.0 Å². The molecule has 34 heavy (non-hydrogen) atoms. The second-order valence-corrected chi connectivity index (χ2v) is 8.92. The first-order chi connectivity index (χ1) is 16.2. The summed E-state index contributed by atoms with van der Waals surface area (Å²) in [4.78, 5) is 50.0. The van der Waals surface area contributed by atoms with Gasteiger partial charge in [-0.25, -0.2) is 9.59 Å². The molecule has 186 valence electrons. The van der Waals surface area contributed by atoms with Crippen LogP contribution in [0.4, 0.5) is 4.79 Å².